The Hall–Kier alpha value is -2.54. The molecule has 0 aliphatic heterocycles. The first-order valence-electron chi connectivity index (χ1n) is 5.62. The molecule has 0 spiro atoms. The molecule has 0 aliphatic rings. The molecule has 0 saturated carbocycles. The Morgan fingerprint density at radius 1 is 0.950 bits per heavy atom. The van der Waals surface area contributed by atoms with Gasteiger partial charge in [0.05, 0.1) is 0 Å². The molecule has 0 atom stereocenters. The van der Waals surface area contributed by atoms with Crippen LogP contribution in [0.2, 0.25) is 0 Å². The highest BCUT2D eigenvalue weighted by Gasteiger charge is 2.10. The van der Waals surface area contributed by atoms with E-state index < -0.39 is 17.5 Å². The van der Waals surface area contributed by atoms with Crippen molar-refractivity contribution in [3.63, 3.8) is 0 Å². The number of benzene rings is 2. The van der Waals surface area contributed by atoms with Crippen LogP contribution in [-0.2, 0) is 0 Å². The van der Waals surface area contributed by atoms with Crippen LogP contribution >= 0.6 is 0 Å². The summed E-state index contributed by atoms with van der Waals surface area (Å²) in [7, 11) is 0. The topological polar surface area (TPSA) is 62.4 Å². The number of hydrazine groups is 1. The maximum Gasteiger partial charge on any atom is 0.215 e. The second-order valence-corrected chi connectivity index (χ2v) is 3.81. The van der Waals surface area contributed by atoms with Gasteiger partial charge in [-0.15, -0.1) is 0 Å². The molecule has 0 unspecified atom stereocenters. The lowest BCUT2D eigenvalue weighted by molar-refractivity contribution is 0.496. The van der Waals surface area contributed by atoms with Crippen molar-refractivity contribution >= 4 is 17.3 Å². The van der Waals surface area contributed by atoms with Gasteiger partial charge in [-0.3, -0.25) is 5.43 Å². The van der Waals surface area contributed by atoms with Crippen molar-refractivity contribution in [2.45, 2.75) is 0 Å². The third-order valence-electron chi connectivity index (χ3n) is 2.40. The number of rotatable bonds is 2. The van der Waals surface area contributed by atoms with Gasteiger partial charge in [0.25, 0.3) is 0 Å². The van der Waals surface area contributed by atoms with E-state index >= 15 is 0 Å². The molecule has 4 nitrogen and oxygen atoms in total. The second-order valence-electron chi connectivity index (χ2n) is 3.81. The first-order chi connectivity index (χ1) is 9.60. The van der Waals surface area contributed by atoms with E-state index in [9.17, 15) is 13.2 Å². The molecule has 20 heavy (non-hydrogen) atoms. The minimum Gasteiger partial charge on any atom is -0.325 e. The minimum atomic E-state index is -1.28. The largest absolute Gasteiger partial charge is 0.325 e. The van der Waals surface area contributed by atoms with Crippen molar-refractivity contribution in [2.24, 2.45) is 10.8 Å². The molecule has 7 heteroatoms. The van der Waals surface area contributed by atoms with Gasteiger partial charge in [0, 0.05) is 17.8 Å². The van der Waals surface area contributed by atoms with Crippen LogP contribution < -0.4 is 16.6 Å². The average Bonchev–Trinajstić information content (AvgIpc) is 2.45. The fourth-order valence-electron chi connectivity index (χ4n) is 1.47. The van der Waals surface area contributed by atoms with Crippen LogP contribution in [0.15, 0.2) is 47.5 Å². The number of nitrogens with zero attached hydrogens (tertiary/aromatic N) is 1. The van der Waals surface area contributed by atoms with Gasteiger partial charge in [0.15, 0.2) is 17.5 Å². The number of nitrogens with one attached hydrogen (secondary N) is 2. The maximum absolute atomic E-state index is 13.5. The Balaban J connectivity index is 2.29. The zero-order valence-electron chi connectivity index (χ0n) is 10.2. The Labute approximate surface area is 113 Å². The summed E-state index contributed by atoms with van der Waals surface area (Å²) in [5.41, 5.74) is 2.49. The molecule has 0 saturated heterocycles. The molecular weight excluding hydrogens is 269 g/mol. The molecule has 0 radical (unpaired) electrons. The van der Waals surface area contributed by atoms with E-state index in [1.54, 1.807) is 24.3 Å². The fourth-order valence-corrected chi connectivity index (χ4v) is 1.47. The van der Waals surface area contributed by atoms with E-state index in [2.05, 4.69) is 15.7 Å². The monoisotopic (exact) mass is 280 g/mol. The van der Waals surface area contributed by atoms with Crippen LogP contribution in [0.4, 0.5) is 24.5 Å². The molecule has 2 aromatic rings. The van der Waals surface area contributed by atoms with Gasteiger partial charge < -0.3 is 5.32 Å². The Kier molecular flexibility index (Phi) is 4.21. The zero-order chi connectivity index (χ0) is 14.5. The highest BCUT2D eigenvalue weighted by atomic mass is 19.2. The van der Waals surface area contributed by atoms with E-state index in [1.165, 1.54) is 0 Å². The van der Waals surface area contributed by atoms with E-state index in [0.717, 1.165) is 0 Å². The van der Waals surface area contributed by atoms with E-state index in [0.29, 0.717) is 17.8 Å². The third kappa shape index (κ3) is 3.27. The van der Waals surface area contributed by atoms with Gasteiger partial charge in [-0.05, 0) is 12.1 Å². The quantitative estimate of drug-likeness (QED) is 0.260. The summed E-state index contributed by atoms with van der Waals surface area (Å²) < 4.78 is 39.3. The molecule has 0 bridgehead atoms. The molecule has 0 heterocycles. The normalized spacial score (nSPS) is 11.3. The molecule has 4 N–H and O–H groups in total. The fraction of sp³-hybridized carbons (Fsp3) is 0. The number of nitrogens with two attached hydrogens (primary N) is 1. The smallest absolute Gasteiger partial charge is 0.215 e. The predicted molar refractivity (Wildman–Crippen MR) is 70.8 cm³/mol. The summed E-state index contributed by atoms with van der Waals surface area (Å²) >= 11 is 0. The molecule has 0 aromatic heterocycles. The Morgan fingerprint density at radius 2 is 1.60 bits per heavy atom. The van der Waals surface area contributed by atoms with Crippen molar-refractivity contribution in [1.29, 1.82) is 0 Å². The maximum atomic E-state index is 13.5. The molecular formula is C13H11F3N4. The molecule has 104 valence electrons. The Morgan fingerprint density at radius 3 is 2.25 bits per heavy atom. The highest BCUT2D eigenvalue weighted by Crippen LogP contribution is 2.21. The Bertz CT molecular complexity index is 629. The zero-order valence-corrected chi connectivity index (χ0v) is 10.2. The van der Waals surface area contributed by atoms with Crippen LogP contribution in [-0.4, -0.2) is 5.96 Å². The van der Waals surface area contributed by atoms with Gasteiger partial charge in [0.2, 0.25) is 5.96 Å². The lowest BCUT2D eigenvalue weighted by atomic mass is 10.3. The number of halogens is 3. The lowest BCUT2D eigenvalue weighted by Gasteiger charge is -2.09. The van der Waals surface area contributed by atoms with Crippen molar-refractivity contribution in [3.05, 3.63) is 59.9 Å². The molecule has 0 amide bonds. The van der Waals surface area contributed by atoms with Crippen LogP contribution in [0, 0.1) is 17.5 Å². The number of anilines is 1. The summed E-state index contributed by atoms with van der Waals surface area (Å²) in [6, 6.07) is 9.89. The van der Waals surface area contributed by atoms with E-state index in [-0.39, 0.29) is 11.6 Å². The number of para-hydroxylation sites is 1. The first-order valence-corrected chi connectivity index (χ1v) is 5.62. The van der Waals surface area contributed by atoms with Crippen LogP contribution in [0.5, 0.6) is 0 Å². The highest BCUT2D eigenvalue weighted by molar-refractivity contribution is 5.94. The van der Waals surface area contributed by atoms with Gasteiger partial charge >= 0.3 is 0 Å². The summed E-state index contributed by atoms with van der Waals surface area (Å²) in [6.07, 6.45) is 0. The van der Waals surface area contributed by atoms with Crippen LogP contribution in [0.3, 0.4) is 0 Å². The van der Waals surface area contributed by atoms with Gasteiger partial charge in [0.1, 0.15) is 5.69 Å². The standard InChI is InChI=1S/C13H11F3N4/c14-9-6-11(16)12(7-10(9)15)19-13(20-17)18-8-4-2-1-3-5-8/h1-7H,17H2,(H2,18,19,20). The minimum absolute atomic E-state index is 0.0129. The molecule has 2 rings (SSSR count). The second kappa shape index (κ2) is 6.07. The van der Waals surface area contributed by atoms with Gasteiger partial charge in [-0.2, -0.15) is 0 Å². The van der Waals surface area contributed by atoms with Crippen molar-refractivity contribution in [3.8, 4) is 0 Å². The molecule has 0 aliphatic carbocycles. The summed E-state index contributed by atoms with van der Waals surface area (Å²) in [6.45, 7) is 0. The third-order valence-corrected chi connectivity index (χ3v) is 2.40. The number of guanidine groups is 1. The SMILES string of the molecule is NNC(=Nc1cc(F)c(F)cc1F)Nc1ccccc1. The van der Waals surface area contributed by atoms with Gasteiger partial charge in [-0.1, -0.05) is 18.2 Å². The van der Waals surface area contributed by atoms with Crippen molar-refractivity contribution < 1.29 is 13.2 Å². The number of hydrogen-bond donors (Lipinski definition) is 3. The van der Waals surface area contributed by atoms with Crippen molar-refractivity contribution in [1.82, 2.24) is 5.43 Å². The number of aliphatic imine (C=N–C) groups is 1. The predicted octanol–water partition coefficient (Wildman–Crippen LogP) is 2.67. The number of hydrogen-bond acceptors (Lipinski definition) is 2. The van der Waals surface area contributed by atoms with E-state index in [1.807, 2.05) is 6.07 Å². The molecule has 2 aromatic carbocycles. The summed E-state index contributed by atoms with van der Waals surface area (Å²) in [5, 5.41) is 2.77. The van der Waals surface area contributed by atoms with Crippen LogP contribution in [0.25, 0.3) is 0 Å². The van der Waals surface area contributed by atoms with Crippen molar-refractivity contribution in [2.75, 3.05) is 5.32 Å². The first kappa shape index (κ1) is 13.9. The van der Waals surface area contributed by atoms with Crippen LogP contribution in [0.1, 0.15) is 0 Å². The van der Waals surface area contributed by atoms with E-state index in [4.69, 9.17) is 5.84 Å². The summed E-state index contributed by atoms with van der Waals surface area (Å²) in [5.74, 6) is 1.77. The lowest BCUT2D eigenvalue weighted by Crippen LogP contribution is -2.36. The molecule has 0 fully saturated rings. The summed E-state index contributed by atoms with van der Waals surface area (Å²) in [4.78, 5) is 3.76. The average molecular weight is 280 g/mol. The van der Waals surface area contributed by atoms with Gasteiger partial charge in [-0.25, -0.2) is 24.0 Å².